The summed E-state index contributed by atoms with van der Waals surface area (Å²) in [5.74, 6) is 0.955. The quantitative estimate of drug-likeness (QED) is 0.522. The molecule has 68 valence electrons. The van der Waals surface area contributed by atoms with Crippen molar-refractivity contribution in [3.63, 3.8) is 0 Å². The topological polar surface area (TPSA) is 3.24 Å². The van der Waals surface area contributed by atoms with Crippen molar-refractivity contribution >= 4 is 0 Å². The Morgan fingerprint density at radius 1 is 1.18 bits per heavy atom. The van der Waals surface area contributed by atoms with E-state index in [1.54, 1.807) is 0 Å². The first-order valence-electron chi connectivity index (χ1n) is 4.90. The minimum Gasteiger partial charge on any atom is -0.304 e. The highest BCUT2D eigenvalue weighted by Crippen LogP contribution is 2.19. The Morgan fingerprint density at radius 3 is 2.09 bits per heavy atom. The van der Waals surface area contributed by atoms with Crippen LogP contribution in [0.25, 0.3) is 0 Å². The smallest absolute Gasteiger partial charge is 0.00664 e. The van der Waals surface area contributed by atoms with Crippen molar-refractivity contribution in [2.75, 3.05) is 13.6 Å². The first-order valence-corrected chi connectivity index (χ1v) is 4.90. The average molecular weight is 157 g/mol. The van der Waals surface area contributed by atoms with Crippen LogP contribution in [0.4, 0.5) is 0 Å². The first-order chi connectivity index (χ1) is 5.20. The molecule has 1 aliphatic heterocycles. The zero-order chi connectivity index (χ0) is 8.85. The Balaban J connectivity index is 0.000000461. The third kappa shape index (κ3) is 3.76. The molecule has 0 spiro atoms. The maximum atomic E-state index is 2.44. The van der Waals surface area contributed by atoms with E-state index in [4.69, 9.17) is 0 Å². The molecule has 1 heterocycles. The van der Waals surface area contributed by atoms with Gasteiger partial charge in [-0.2, -0.15) is 0 Å². The van der Waals surface area contributed by atoms with E-state index in [1.165, 1.54) is 19.4 Å². The van der Waals surface area contributed by atoms with Crippen molar-refractivity contribution in [2.45, 2.75) is 46.6 Å². The van der Waals surface area contributed by atoms with Crippen LogP contribution in [0, 0.1) is 5.92 Å². The molecule has 0 aromatic heterocycles. The largest absolute Gasteiger partial charge is 0.304 e. The summed E-state index contributed by atoms with van der Waals surface area (Å²) in [6.07, 6.45) is 2.78. The van der Waals surface area contributed by atoms with E-state index in [1.807, 2.05) is 13.8 Å². The highest BCUT2D eigenvalue weighted by Gasteiger charge is 2.18. The fourth-order valence-electron chi connectivity index (χ4n) is 1.52. The summed E-state index contributed by atoms with van der Waals surface area (Å²) in [5, 5.41) is 0. The van der Waals surface area contributed by atoms with Crippen LogP contribution < -0.4 is 0 Å². The lowest BCUT2D eigenvalue weighted by atomic mass is 9.94. The lowest BCUT2D eigenvalue weighted by molar-refractivity contribution is 0.162. The van der Waals surface area contributed by atoms with Gasteiger partial charge in [0.05, 0.1) is 0 Å². The van der Waals surface area contributed by atoms with E-state index in [0.717, 1.165) is 12.0 Å². The van der Waals surface area contributed by atoms with E-state index in [2.05, 4.69) is 25.8 Å². The van der Waals surface area contributed by atoms with Crippen molar-refractivity contribution in [3.8, 4) is 0 Å². The van der Waals surface area contributed by atoms with E-state index in [9.17, 15) is 0 Å². The molecular weight excluding hydrogens is 134 g/mol. The number of nitrogens with zero attached hydrogens (tertiary/aromatic N) is 1. The van der Waals surface area contributed by atoms with Crippen LogP contribution in [-0.4, -0.2) is 24.5 Å². The predicted octanol–water partition coefficient (Wildman–Crippen LogP) is 2.76. The second-order valence-corrected chi connectivity index (χ2v) is 3.46. The molecule has 0 amide bonds. The minimum atomic E-state index is 0.814. The summed E-state index contributed by atoms with van der Waals surface area (Å²) in [4.78, 5) is 2.44. The fraction of sp³-hybridized carbons (Fsp3) is 1.00. The average Bonchev–Trinajstić information content (AvgIpc) is 2.02. The SMILES string of the molecule is CC.CC1C[C@H](C)CCN1C. The predicted molar refractivity (Wildman–Crippen MR) is 51.8 cm³/mol. The molecule has 0 aliphatic carbocycles. The molecular formula is C10H23N. The number of piperidine rings is 1. The molecule has 0 aromatic rings. The highest BCUT2D eigenvalue weighted by molar-refractivity contribution is 4.73. The van der Waals surface area contributed by atoms with Gasteiger partial charge in [0.1, 0.15) is 0 Å². The summed E-state index contributed by atoms with van der Waals surface area (Å²) < 4.78 is 0. The van der Waals surface area contributed by atoms with E-state index >= 15 is 0 Å². The van der Waals surface area contributed by atoms with Gasteiger partial charge in [0, 0.05) is 6.04 Å². The van der Waals surface area contributed by atoms with Gasteiger partial charge in [0.25, 0.3) is 0 Å². The van der Waals surface area contributed by atoms with E-state index in [-0.39, 0.29) is 0 Å². The molecule has 1 rings (SSSR count). The molecule has 0 aromatic carbocycles. The molecule has 0 N–H and O–H groups in total. The number of hydrogen-bond donors (Lipinski definition) is 0. The van der Waals surface area contributed by atoms with Gasteiger partial charge >= 0.3 is 0 Å². The van der Waals surface area contributed by atoms with Gasteiger partial charge in [0.2, 0.25) is 0 Å². The van der Waals surface area contributed by atoms with Crippen molar-refractivity contribution in [1.82, 2.24) is 4.90 Å². The molecule has 1 heteroatoms. The molecule has 1 saturated heterocycles. The van der Waals surface area contributed by atoms with Crippen LogP contribution in [0.1, 0.15) is 40.5 Å². The Bertz CT molecular complexity index is 90.9. The molecule has 0 bridgehead atoms. The molecule has 0 saturated carbocycles. The van der Waals surface area contributed by atoms with Gasteiger partial charge in [-0.1, -0.05) is 20.8 Å². The minimum absolute atomic E-state index is 0.814. The molecule has 2 atom stereocenters. The number of hydrogen-bond acceptors (Lipinski definition) is 1. The van der Waals surface area contributed by atoms with Crippen LogP contribution in [-0.2, 0) is 0 Å². The zero-order valence-corrected chi connectivity index (χ0v) is 8.72. The number of rotatable bonds is 0. The van der Waals surface area contributed by atoms with Gasteiger partial charge < -0.3 is 4.90 Å². The Kier molecular flexibility index (Phi) is 5.57. The Morgan fingerprint density at radius 2 is 1.73 bits per heavy atom. The zero-order valence-electron chi connectivity index (χ0n) is 8.72. The van der Waals surface area contributed by atoms with Gasteiger partial charge in [-0.25, -0.2) is 0 Å². The summed E-state index contributed by atoms with van der Waals surface area (Å²) >= 11 is 0. The maximum absolute atomic E-state index is 2.44. The van der Waals surface area contributed by atoms with Crippen LogP contribution >= 0.6 is 0 Å². The summed E-state index contributed by atoms with van der Waals surface area (Å²) in [5.41, 5.74) is 0. The van der Waals surface area contributed by atoms with Crippen LogP contribution in [0.3, 0.4) is 0 Å². The van der Waals surface area contributed by atoms with Crippen LogP contribution in [0.2, 0.25) is 0 Å². The van der Waals surface area contributed by atoms with Crippen molar-refractivity contribution in [2.24, 2.45) is 5.92 Å². The summed E-state index contributed by atoms with van der Waals surface area (Å²) in [6.45, 7) is 9.96. The van der Waals surface area contributed by atoms with Crippen molar-refractivity contribution in [1.29, 1.82) is 0 Å². The second-order valence-electron chi connectivity index (χ2n) is 3.46. The van der Waals surface area contributed by atoms with Gasteiger partial charge in [-0.05, 0) is 39.3 Å². The fourth-order valence-corrected chi connectivity index (χ4v) is 1.52. The summed E-state index contributed by atoms with van der Waals surface area (Å²) in [6, 6.07) is 0.814. The van der Waals surface area contributed by atoms with Gasteiger partial charge in [0.15, 0.2) is 0 Å². The van der Waals surface area contributed by atoms with Crippen LogP contribution in [0.5, 0.6) is 0 Å². The third-order valence-electron chi connectivity index (χ3n) is 2.47. The van der Waals surface area contributed by atoms with Crippen LogP contribution in [0.15, 0.2) is 0 Å². The monoisotopic (exact) mass is 157 g/mol. The van der Waals surface area contributed by atoms with E-state index in [0.29, 0.717) is 0 Å². The molecule has 11 heavy (non-hydrogen) atoms. The van der Waals surface area contributed by atoms with E-state index < -0.39 is 0 Å². The standard InChI is InChI=1S/C8H17N.C2H6/c1-7-4-5-9(3)8(2)6-7;1-2/h7-8H,4-6H2,1-3H3;1-2H3/t7-,8?;/m1./s1. The maximum Gasteiger partial charge on any atom is 0.00664 e. The van der Waals surface area contributed by atoms with Crippen molar-refractivity contribution in [3.05, 3.63) is 0 Å². The Labute approximate surface area is 71.8 Å². The lowest BCUT2D eigenvalue weighted by Crippen LogP contribution is -2.36. The van der Waals surface area contributed by atoms with Crippen molar-refractivity contribution < 1.29 is 0 Å². The van der Waals surface area contributed by atoms with Gasteiger partial charge in [-0.15, -0.1) is 0 Å². The molecule has 1 nitrogen and oxygen atoms in total. The lowest BCUT2D eigenvalue weighted by Gasteiger charge is -2.33. The molecule has 0 radical (unpaired) electrons. The normalized spacial score (nSPS) is 32.5. The molecule has 1 fully saturated rings. The second kappa shape index (κ2) is 5.59. The highest BCUT2D eigenvalue weighted by atomic mass is 15.1. The van der Waals surface area contributed by atoms with Gasteiger partial charge in [-0.3, -0.25) is 0 Å². The Hall–Kier alpha value is -0.0400. The number of likely N-dealkylation sites (tertiary alicyclic amines) is 1. The summed E-state index contributed by atoms with van der Waals surface area (Å²) in [7, 11) is 2.22. The third-order valence-corrected chi connectivity index (χ3v) is 2.47. The molecule has 1 aliphatic rings. The molecule has 1 unspecified atom stereocenters. The first kappa shape index (κ1) is 11.0.